The number of aryl methyl sites for hydroxylation is 1. The molecule has 0 heterocycles. The molecule has 0 aliphatic heterocycles. The lowest BCUT2D eigenvalue weighted by Crippen LogP contribution is -2.02. The fourth-order valence-corrected chi connectivity index (χ4v) is 2.33. The quantitative estimate of drug-likeness (QED) is 0.735. The van der Waals surface area contributed by atoms with Gasteiger partial charge in [0.25, 0.3) is 0 Å². The van der Waals surface area contributed by atoms with Crippen molar-refractivity contribution in [3.63, 3.8) is 0 Å². The van der Waals surface area contributed by atoms with Gasteiger partial charge in [-0.15, -0.1) is 0 Å². The molecular formula is C16H17BrO3. The summed E-state index contributed by atoms with van der Waals surface area (Å²) in [6.07, 6.45) is 0. The van der Waals surface area contributed by atoms with E-state index in [1.54, 1.807) is 7.11 Å². The summed E-state index contributed by atoms with van der Waals surface area (Å²) >= 11 is 3.51. The maximum atomic E-state index is 5.83. The van der Waals surface area contributed by atoms with E-state index in [9.17, 15) is 0 Å². The minimum absolute atomic E-state index is 0.223. The van der Waals surface area contributed by atoms with Gasteiger partial charge >= 0.3 is 0 Å². The number of hydrogen-bond donors (Lipinski definition) is 0. The Hall–Kier alpha value is -1.52. The fraction of sp³-hybridized carbons (Fsp3) is 0.250. The Morgan fingerprint density at radius 2 is 1.75 bits per heavy atom. The van der Waals surface area contributed by atoms with Gasteiger partial charge in [0.05, 0.1) is 4.47 Å². The zero-order valence-corrected chi connectivity index (χ0v) is 13.1. The van der Waals surface area contributed by atoms with E-state index in [0.717, 1.165) is 27.1 Å². The van der Waals surface area contributed by atoms with E-state index in [1.807, 2.05) is 49.4 Å². The molecule has 106 valence electrons. The third kappa shape index (κ3) is 3.99. The lowest BCUT2D eigenvalue weighted by molar-refractivity contribution is 0.0504. The third-order valence-electron chi connectivity index (χ3n) is 2.80. The number of benzene rings is 2. The molecule has 0 atom stereocenters. The molecule has 0 bridgehead atoms. The van der Waals surface area contributed by atoms with Crippen molar-refractivity contribution in [1.29, 1.82) is 0 Å². The average Bonchev–Trinajstić information content (AvgIpc) is 2.46. The normalized spacial score (nSPS) is 10.3. The molecule has 2 rings (SSSR count). The predicted octanol–water partition coefficient (Wildman–Crippen LogP) is 4.32. The van der Waals surface area contributed by atoms with Gasteiger partial charge < -0.3 is 14.2 Å². The molecular weight excluding hydrogens is 320 g/mol. The Bertz CT molecular complexity index is 555. The summed E-state index contributed by atoms with van der Waals surface area (Å²) in [5.74, 6) is 1.52. The summed E-state index contributed by atoms with van der Waals surface area (Å²) in [5, 5.41) is 0. The van der Waals surface area contributed by atoms with Crippen LogP contribution in [0.15, 0.2) is 46.9 Å². The van der Waals surface area contributed by atoms with E-state index in [1.165, 1.54) is 0 Å². The van der Waals surface area contributed by atoms with Crippen molar-refractivity contribution in [3.8, 4) is 11.5 Å². The van der Waals surface area contributed by atoms with Crippen molar-refractivity contribution in [3.05, 3.63) is 58.1 Å². The highest BCUT2D eigenvalue weighted by Gasteiger charge is 2.08. The van der Waals surface area contributed by atoms with E-state index in [2.05, 4.69) is 15.9 Å². The summed E-state index contributed by atoms with van der Waals surface area (Å²) in [4.78, 5) is 0. The number of methoxy groups -OCH3 is 1. The summed E-state index contributed by atoms with van der Waals surface area (Å²) in [7, 11) is 1.60. The second-order valence-corrected chi connectivity index (χ2v) is 5.23. The van der Waals surface area contributed by atoms with Crippen molar-refractivity contribution in [1.82, 2.24) is 0 Å². The van der Waals surface area contributed by atoms with Gasteiger partial charge in [0.1, 0.15) is 18.1 Å². The minimum atomic E-state index is 0.223. The Morgan fingerprint density at radius 3 is 2.45 bits per heavy atom. The Morgan fingerprint density at radius 1 is 1.00 bits per heavy atom. The van der Waals surface area contributed by atoms with Gasteiger partial charge in [-0.1, -0.05) is 30.3 Å². The van der Waals surface area contributed by atoms with Gasteiger partial charge in [-0.25, -0.2) is 0 Å². The molecule has 0 saturated heterocycles. The number of ether oxygens (including phenoxy) is 3. The van der Waals surface area contributed by atoms with Gasteiger partial charge in [0, 0.05) is 13.2 Å². The first-order valence-corrected chi connectivity index (χ1v) is 7.08. The van der Waals surface area contributed by atoms with Crippen LogP contribution in [0.25, 0.3) is 0 Å². The maximum Gasteiger partial charge on any atom is 0.188 e. The highest BCUT2D eigenvalue weighted by Crippen LogP contribution is 2.33. The van der Waals surface area contributed by atoms with E-state index in [-0.39, 0.29) is 6.79 Å². The molecule has 0 fully saturated rings. The second-order valence-electron chi connectivity index (χ2n) is 4.37. The molecule has 3 nitrogen and oxygen atoms in total. The average molecular weight is 337 g/mol. The highest BCUT2D eigenvalue weighted by atomic mass is 79.9. The van der Waals surface area contributed by atoms with Crippen LogP contribution in [0.4, 0.5) is 0 Å². The van der Waals surface area contributed by atoms with E-state index in [4.69, 9.17) is 14.2 Å². The molecule has 0 unspecified atom stereocenters. The monoisotopic (exact) mass is 336 g/mol. The maximum absolute atomic E-state index is 5.83. The van der Waals surface area contributed by atoms with Crippen LogP contribution in [0.5, 0.6) is 11.5 Å². The van der Waals surface area contributed by atoms with Crippen LogP contribution in [-0.4, -0.2) is 13.9 Å². The zero-order chi connectivity index (χ0) is 14.4. The fourth-order valence-electron chi connectivity index (χ4n) is 1.76. The van der Waals surface area contributed by atoms with Gasteiger partial charge in [-0.3, -0.25) is 0 Å². The third-order valence-corrected chi connectivity index (χ3v) is 3.42. The standard InChI is InChI=1S/C16H17BrO3/c1-12-8-14(17)16(9-15(12)20-11-18-2)19-10-13-6-4-3-5-7-13/h3-9H,10-11H2,1-2H3. The number of halogens is 1. The summed E-state index contributed by atoms with van der Waals surface area (Å²) in [5.41, 5.74) is 2.15. The van der Waals surface area contributed by atoms with Crippen molar-refractivity contribution in [2.45, 2.75) is 13.5 Å². The topological polar surface area (TPSA) is 27.7 Å². The van der Waals surface area contributed by atoms with Crippen LogP contribution in [0, 0.1) is 6.92 Å². The molecule has 0 radical (unpaired) electrons. The lowest BCUT2D eigenvalue weighted by atomic mass is 10.2. The van der Waals surface area contributed by atoms with Crippen LogP contribution >= 0.6 is 15.9 Å². The van der Waals surface area contributed by atoms with Gasteiger partial charge in [0.15, 0.2) is 6.79 Å². The van der Waals surface area contributed by atoms with Crippen molar-refractivity contribution in [2.75, 3.05) is 13.9 Å². The minimum Gasteiger partial charge on any atom is -0.488 e. The number of hydrogen-bond acceptors (Lipinski definition) is 3. The molecule has 2 aromatic rings. The van der Waals surface area contributed by atoms with Crippen LogP contribution < -0.4 is 9.47 Å². The first-order valence-electron chi connectivity index (χ1n) is 6.29. The van der Waals surface area contributed by atoms with Crippen molar-refractivity contribution < 1.29 is 14.2 Å². The molecule has 0 aromatic heterocycles. The molecule has 20 heavy (non-hydrogen) atoms. The SMILES string of the molecule is COCOc1cc(OCc2ccccc2)c(Br)cc1C. The Kier molecular flexibility index (Phi) is 5.44. The molecule has 0 aliphatic rings. The van der Waals surface area contributed by atoms with E-state index >= 15 is 0 Å². The van der Waals surface area contributed by atoms with Gasteiger partial charge in [-0.2, -0.15) is 0 Å². The molecule has 0 aliphatic carbocycles. The largest absolute Gasteiger partial charge is 0.488 e. The molecule has 0 spiro atoms. The Balaban J connectivity index is 2.10. The molecule has 0 amide bonds. The summed E-state index contributed by atoms with van der Waals surface area (Å²) in [6.45, 7) is 2.73. The molecule has 0 saturated carbocycles. The van der Waals surface area contributed by atoms with Crippen LogP contribution in [-0.2, 0) is 11.3 Å². The molecule has 4 heteroatoms. The summed E-state index contributed by atoms with van der Waals surface area (Å²) < 4.78 is 17.2. The van der Waals surface area contributed by atoms with Crippen LogP contribution in [0.2, 0.25) is 0 Å². The highest BCUT2D eigenvalue weighted by molar-refractivity contribution is 9.10. The van der Waals surface area contributed by atoms with E-state index in [0.29, 0.717) is 6.61 Å². The van der Waals surface area contributed by atoms with Crippen LogP contribution in [0.3, 0.4) is 0 Å². The smallest absolute Gasteiger partial charge is 0.188 e. The zero-order valence-electron chi connectivity index (χ0n) is 11.6. The Labute approximate surface area is 127 Å². The summed E-state index contributed by atoms with van der Waals surface area (Å²) in [6, 6.07) is 13.9. The lowest BCUT2D eigenvalue weighted by Gasteiger charge is -2.13. The molecule has 0 N–H and O–H groups in total. The number of rotatable bonds is 6. The van der Waals surface area contributed by atoms with Crippen molar-refractivity contribution >= 4 is 15.9 Å². The van der Waals surface area contributed by atoms with Crippen LogP contribution in [0.1, 0.15) is 11.1 Å². The predicted molar refractivity (Wildman–Crippen MR) is 82.2 cm³/mol. The van der Waals surface area contributed by atoms with E-state index < -0.39 is 0 Å². The van der Waals surface area contributed by atoms with Crippen molar-refractivity contribution in [2.24, 2.45) is 0 Å². The van der Waals surface area contributed by atoms with Gasteiger partial charge in [-0.05, 0) is 40.0 Å². The first-order chi connectivity index (χ1) is 9.70. The molecule has 2 aromatic carbocycles. The first kappa shape index (κ1) is 14.9. The van der Waals surface area contributed by atoms with Gasteiger partial charge in [0.2, 0.25) is 0 Å². The second kappa shape index (κ2) is 7.31.